The summed E-state index contributed by atoms with van der Waals surface area (Å²) in [5.74, 6) is -0.0364. The molecule has 2 N–H and O–H groups in total. The minimum Gasteiger partial charge on any atom is -0.464 e. The van der Waals surface area contributed by atoms with Crippen molar-refractivity contribution in [3.05, 3.63) is 78.3 Å². The van der Waals surface area contributed by atoms with Crippen LogP contribution in [0, 0.1) is 0 Å². The fourth-order valence-corrected chi connectivity index (χ4v) is 6.11. The lowest BCUT2D eigenvalue weighted by atomic mass is 9.85. The number of nitrogens with one attached hydrogen (secondary N) is 1. The molecule has 0 unspecified atom stereocenters. The maximum absolute atomic E-state index is 13.8. The highest BCUT2D eigenvalue weighted by atomic mass is 16.7. The highest BCUT2D eigenvalue weighted by Gasteiger charge is 2.51. The number of fused-ring (bicyclic) bond motifs is 1. The average molecular weight is 546 g/mol. The molecule has 0 radical (unpaired) electrons. The molecular weight excluding hydrogens is 510 g/mol. The van der Waals surface area contributed by atoms with E-state index < -0.39 is 11.8 Å². The third-order valence-electron chi connectivity index (χ3n) is 8.32. The molecule has 2 aromatic carbocycles. The average Bonchev–Trinajstić information content (AvgIpc) is 3.57. The molecule has 3 aromatic rings. The number of likely N-dealkylation sites (tertiary alicyclic amines) is 1. The van der Waals surface area contributed by atoms with E-state index in [1.54, 1.807) is 11.2 Å². The zero-order valence-corrected chi connectivity index (χ0v) is 22.5. The van der Waals surface area contributed by atoms with Gasteiger partial charge in [0.05, 0.1) is 19.5 Å². The van der Waals surface area contributed by atoms with Crippen LogP contribution in [0.4, 0.5) is 5.69 Å². The van der Waals surface area contributed by atoms with Gasteiger partial charge < -0.3 is 34.1 Å². The monoisotopic (exact) mass is 545 g/mol. The smallest absolute Gasteiger partial charge is 0.288 e. The molecule has 2 fully saturated rings. The molecule has 40 heavy (non-hydrogen) atoms. The molecule has 210 valence electrons. The molecule has 2 saturated heterocycles. The largest absolute Gasteiger partial charge is 0.464 e. The van der Waals surface area contributed by atoms with Crippen LogP contribution < -0.4 is 10.2 Å². The second kappa shape index (κ2) is 11.3. The number of hydrogen-bond donors (Lipinski definition) is 2. The molecule has 3 aliphatic rings. The summed E-state index contributed by atoms with van der Waals surface area (Å²) in [6.45, 7) is 1.89. The van der Waals surface area contributed by atoms with E-state index in [9.17, 15) is 9.59 Å². The molecule has 3 aliphatic heterocycles. The second-order valence-corrected chi connectivity index (χ2v) is 10.7. The van der Waals surface area contributed by atoms with Crippen LogP contribution in [0.2, 0.25) is 0 Å². The van der Waals surface area contributed by atoms with Crippen LogP contribution in [0.3, 0.4) is 0 Å². The molecule has 0 aliphatic carbocycles. The van der Waals surface area contributed by atoms with Gasteiger partial charge in [-0.3, -0.25) is 9.59 Å². The van der Waals surface area contributed by atoms with Gasteiger partial charge >= 0.3 is 0 Å². The van der Waals surface area contributed by atoms with Crippen molar-refractivity contribution in [3.63, 3.8) is 0 Å². The number of amides is 2. The van der Waals surface area contributed by atoms with Gasteiger partial charge in [-0.05, 0) is 50.0 Å². The lowest BCUT2D eigenvalue weighted by Gasteiger charge is -2.43. The summed E-state index contributed by atoms with van der Waals surface area (Å²) in [5.41, 5.74) is 2.11. The van der Waals surface area contributed by atoms with Gasteiger partial charge in [0.2, 0.25) is 12.2 Å². The maximum atomic E-state index is 13.8. The Balaban J connectivity index is 1.20. The number of aliphatic hydroxyl groups excluding tert-OH is 1. The summed E-state index contributed by atoms with van der Waals surface area (Å²) in [5, 5.41) is 13.1. The van der Waals surface area contributed by atoms with Gasteiger partial charge in [-0.15, -0.1) is 0 Å². The van der Waals surface area contributed by atoms with E-state index in [0.717, 1.165) is 22.2 Å². The normalized spacial score (nSPS) is 22.3. The lowest BCUT2D eigenvalue weighted by molar-refractivity contribution is -0.154. The molecule has 0 bridgehead atoms. The predicted octanol–water partition coefficient (Wildman–Crippen LogP) is 3.89. The van der Waals surface area contributed by atoms with Crippen molar-refractivity contribution < 1.29 is 28.6 Å². The number of piperidine rings is 1. The van der Waals surface area contributed by atoms with Crippen molar-refractivity contribution in [2.45, 2.75) is 49.9 Å². The van der Waals surface area contributed by atoms with Crippen LogP contribution in [0.25, 0.3) is 11.0 Å². The summed E-state index contributed by atoms with van der Waals surface area (Å²) in [6.07, 6.45) is 6.01. The number of carbonyl (C=O) groups is 2. The SMILES string of the molecule is O=C(C1=C[C@H](c2coc3ccccc23)C[C@H](OCCCCO)O1)N1CCC2(CC1)C(=O)NCN2c1ccccc1. The number of benzene rings is 2. The number of nitrogens with zero attached hydrogens (tertiary/aromatic N) is 2. The van der Waals surface area contributed by atoms with E-state index >= 15 is 0 Å². The highest BCUT2D eigenvalue weighted by molar-refractivity contribution is 5.95. The first kappa shape index (κ1) is 26.4. The van der Waals surface area contributed by atoms with Gasteiger partial charge in [-0.1, -0.05) is 36.4 Å². The second-order valence-electron chi connectivity index (χ2n) is 10.7. The van der Waals surface area contributed by atoms with Gasteiger partial charge in [0.25, 0.3) is 5.91 Å². The number of hydrogen-bond acceptors (Lipinski definition) is 7. The van der Waals surface area contributed by atoms with Gasteiger partial charge in [-0.2, -0.15) is 0 Å². The minimum absolute atomic E-state index is 0.0137. The maximum Gasteiger partial charge on any atom is 0.288 e. The molecule has 6 rings (SSSR count). The van der Waals surface area contributed by atoms with E-state index in [4.69, 9.17) is 19.0 Å². The van der Waals surface area contributed by atoms with Crippen LogP contribution in [0.5, 0.6) is 0 Å². The van der Waals surface area contributed by atoms with E-state index in [-0.39, 0.29) is 30.1 Å². The summed E-state index contributed by atoms with van der Waals surface area (Å²) in [7, 11) is 0. The van der Waals surface area contributed by atoms with E-state index in [1.165, 1.54) is 0 Å². The van der Waals surface area contributed by atoms with Crippen molar-refractivity contribution in [1.82, 2.24) is 10.2 Å². The number of furan rings is 1. The Kier molecular flexibility index (Phi) is 7.49. The zero-order chi connectivity index (χ0) is 27.5. The Morgan fingerprint density at radius 2 is 1.85 bits per heavy atom. The highest BCUT2D eigenvalue weighted by Crippen LogP contribution is 2.39. The number of aliphatic hydroxyl groups is 1. The fourth-order valence-electron chi connectivity index (χ4n) is 6.11. The van der Waals surface area contributed by atoms with Crippen molar-refractivity contribution >= 4 is 28.5 Å². The molecule has 1 aromatic heterocycles. The van der Waals surface area contributed by atoms with Gasteiger partial charge in [0.15, 0.2) is 5.76 Å². The van der Waals surface area contributed by atoms with Crippen molar-refractivity contribution in [2.75, 3.05) is 37.9 Å². The van der Waals surface area contributed by atoms with E-state index in [2.05, 4.69) is 10.2 Å². The summed E-state index contributed by atoms with van der Waals surface area (Å²) in [4.78, 5) is 30.8. The Hall–Kier alpha value is -3.82. The molecule has 9 nitrogen and oxygen atoms in total. The van der Waals surface area contributed by atoms with Crippen LogP contribution in [0.15, 0.2) is 77.1 Å². The number of rotatable bonds is 8. The summed E-state index contributed by atoms with van der Waals surface area (Å²) < 4.78 is 17.9. The Bertz CT molecular complexity index is 1380. The Labute approximate surface area is 233 Å². The molecular formula is C31H35N3O6. The van der Waals surface area contributed by atoms with Crippen molar-refractivity contribution in [2.24, 2.45) is 0 Å². The molecule has 0 saturated carbocycles. The quantitative estimate of drug-likeness (QED) is 0.414. The third kappa shape index (κ3) is 4.95. The summed E-state index contributed by atoms with van der Waals surface area (Å²) in [6, 6.07) is 17.8. The molecule has 2 amide bonds. The Morgan fingerprint density at radius 1 is 1.07 bits per heavy atom. The predicted molar refractivity (Wildman–Crippen MR) is 149 cm³/mol. The standard InChI is InChI=1S/C31H35N3O6/c35-16-6-7-17-38-28-19-22(25-20-39-26-11-5-4-10-24(25)26)18-27(40-28)29(36)33-14-12-31(13-15-33)30(37)32-21-34(31)23-8-2-1-3-9-23/h1-5,8-11,18,20,22,28,35H,6-7,12-17,19,21H2,(H,32,37)/t22-,28+/m0/s1. The topological polar surface area (TPSA) is 104 Å². The third-order valence-corrected chi connectivity index (χ3v) is 8.32. The minimum atomic E-state index is -0.670. The van der Waals surface area contributed by atoms with Crippen LogP contribution in [-0.2, 0) is 19.1 Å². The molecule has 1 spiro atoms. The zero-order valence-electron chi connectivity index (χ0n) is 22.5. The van der Waals surface area contributed by atoms with Crippen molar-refractivity contribution in [1.29, 1.82) is 0 Å². The van der Waals surface area contributed by atoms with E-state index in [0.29, 0.717) is 58.5 Å². The number of anilines is 1. The molecule has 4 heterocycles. The molecule has 2 atom stereocenters. The number of allylic oxidation sites excluding steroid dienone is 1. The van der Waals surface area contributed by atoms with Crippen LogP contribution >= 0.6 is 0 Å². The number of unbranched alkanes of at least 4 members (excludes halogenated alkanes) is 1. The first-order valence-corrected chi connectivity index (χ1v) is 14.1. The van der Waals surface area contributed by atoms with Crippen LogP contribution in [-0.4, -0.2) is 66.6 Å². The number of ether oxygens (including phenoxy) is 2. The lowest BCUT2D eigenvalue weighted by Crippen LogP contribution is -2.57. The van der Waals surface area contributed by atoms with Gasteiger partial charge in [0, 0.05) is 48.7 Å². The number of carbonyl (C=O) groups excluding carboxylic acids is 2. The summed E-state index contributed by atoms with van der Waals surface area (Å²) >= 11 is 0. The molecule has 9 heteroatoms. The van der Waals surface area contributed by atoms with E-state index in [1.807, 2.05) is 60.7 Å². The van der Waals surface area contributed by atoms with Crippen LogP contribution in [0.1, 0.15) is 43.6 Å². The number of para-hydroxylation sites is 2. The Morgan fingerprint density at radius 3 is 2.65 bits per heavy atom. The first-order chi connectivity index (χ1) is 19.6. The van der Waals surface area contributed by atoms with Crippen molar-refractivity contribution in [3.8, 4) is 0 Å². The van der Waals surface area contributed by atoms with Gasteiger partial charge in [-0.25, -0.2) is 0 Å². The first-order valence-electron chi connectivity index (χ1n) is 14.1. The van der Waals surface area contributed by atoms with Gasteiger partial charge in [0.1, 0.15) is 11.1 Å². The fraction of sp³-hybridized carbons (Fsp3) is 0.419.